The lowest BCUT2D eigenvalue weighted by Gasteiger charge is -2.34. The number of benzene rings is 2. The van der Waals surface area contributed by atoms with Crippen molar-refractivity contribution in [3.63, 3.8) is 0 Å². The Balaban J connectivity index is 1.61. The molecule has 0 aliphatic carbocycles. The number of hydrogen-bond donors (Lipinski definition) is 1. The van der Waals surface area contributed by atoms with Crippen molar-refractivity contribution in [2.45, 2.75) is 25.3 Å². The zero-order chi connectivity index (χ0) is 20.4. The van der Waals surface area contributed by atoms with Gasteiger partial charge in [0, 0.05) is 30.5 Å². The molecule has 29 heavy (non-hydrogen) atoms. The van der Waals surface area contributed by atoms with E-state index in [4.69, 9.17) is 22.3 Å². The molecule has 2 aromatic carbocycles. The first-order valence-electron chi connectivity index (χ1n) is 9.78. The summed E-state index contributed by atoms with van der Waals surface area (Å²) < 4.78 is 0. The van der Waals surface area contributed by atoms with Gasteiger partial charge in [0.1, 0.15) is 6.04 Å². The first-order valence-corrected chi connectivity index (χ1v) is 10.2. The van der Waals surface area contributed by atoms with Crippen molar-refractivity contribution in [2.75, 3.05) is 18.0 Å². The molecule has 1 unspecified atom stereocenters. The minimum absolute atomic E-state index is 0.0526. The maximum atomic E-state index is 13.3. The smallest absolute Gasteiger partial charge is 0.259 e. The Morgan fingerprint density at radius 2 is 1.72 bits per heavy atom. The van der Waals surface area contributed by atoms with Crippen LogP contribution in [-0.4, -0.2) is 41.8 Å². The fourth-order valence-electron chi connectivity index (χ4n) is 3.89. The molecular weight excluding hydrogens is 388 g/mol. The lowest BCUT2D eigenvalue weighted by Crippen LogP contribution is -2.49. The van der Waals surface area contributed by atoms with Gasteiger partial charge in [-0.25, -0.2) is 9.89 Å². The molecule has 2 aliphatic heterocycles. The molecule has 6 nitrogen and oxygen atoms in total. The largest absolute Gasteiger partial charge is 0.369 e. The van der Waals surface area contributed by atoms with Crippen LogP contribution in [0.2, 0.25) is 5.02 Å². The zero-order valence-corrected chi connectivity index (χ0v) is 16.8. The molecule has 1 atom stereocenters. The quantitative estimate of drug-likeness (QED) is 0.841. The van der Waals surface area contributed by atoms with E-state index in [1.54, 1.807) is 17.0 Å². The van der Waals surface area contributed by atoms with Crippen LogP contribution in [0.15, 0.2) is 59.6 Å². The number of carbonyl (C=O) groups is 2. The lowest BCUT2D eigenvalue weighted by atomic mass is 9.96. The monoisotopic (exact) mass is 410 g/mol. The van der Waals surface area contributed by atoms with E-state index in [0.29, 0.717) is 43.3 Å². The highest BCUT2D eigenvalue weighted by Crippen LogP contribution is 2.28. The van der Waals surface area contributed by atoms with E-state index < -0.39 is 6.04 Å². The average molecular weight is 411 g/mol. The second kappa shape index (κ2) is 8.25. The van der Waals surface area contributed by atoms with E-state index in [2.05, 4.69) is 4.90 Å². The minimum atomic E-state index is -0.475. The number of guanidine groups is 1. The standard InChI is InChI=1S/C22H23ClN4O2/c23-17-6-8-18(9-7-17)27-21(29)19(14-15-4-2-1-3-5-15)25-22(27)26-12-10-16(11-13-26)20(24)28/h1-9,16,19H,10-14H2,(H2,24,28). The topological polar surface area (TPSA) is 79.0 Å². The fraction of sp³-hybridized carbons (Fsp3) is 0.318. The number of anilines is 1. The second-order valence-corrected chi connectivity index (χ2v) is 7.88. The molecule has 0 bridgehead atoms. The highest BCUT2D eigenvalue weighted by molar-refractivity contribution is 6.30. The lowest BCUT2D eigenvalue weighted by molar-refractivity contribution is -0.123. The van der Waals surface area contributed by atoms with Crippen LogP contribution >= 0.6 is 11.6 Å². The van der Waals surface area contributed by atoms with Gasteiger partial charge >= 0.3 is 0 Å². The number of likely N-dealkylation sites (tertiary alicyclic amines) is 1. The summed E-state index contributed by atoms with van der Waals surface area (Å²) in [5, 5.41) is 0.613. The van der Waals surface area contributed by atoms with Crippen molar-refractivity contribution in [1.29, 1.82) is 0 Å². The molecule has 7 heteroatoms. The molecule has 1 fully saturated rings. The maximum Gasteiger partial charge on any atom is 0.259 e. The number of hydrogen-bond acceptors (Lipinski definition) is 4. The third kappa shape index (κ3) is 4.12. The predicted molar refractivity (Wildman–Crippen MR) is 114 cm³/mol. The van der Waals surface area contributed by atoms with Crippen molar-refractivity contribution in [2.24, 2.45) is 16.6 Å². The maximum absolute atomic E-state index is 13.3. The summed E-state index contributed by atoms with van der Waals surface area (Å²) in [5.74, 6) is 0.211. The van der Waals surface area contributed by atoms with Crippen molar-refractivity contribution in [3.8, 4) is 0 Å². The third-order valence-corrected chi connectivity index (χ3v) is 5.77. The number of rotatable bonds is 4. The van der Waals surface area contributed by atoms with Crippen LogP contribution in [-0.2, 0) is 16.0 Å². The molecule has 0 saturated carbocycles. The SMILES string of the molecule is NC(=O)C1CCN(C2=NC(Cc3ccccc3)C(=O)N2c2ccc(Cl)cc2)CC1. The van der Waals surface area contributed by atoms with Gasteiger partial charge in [-0.1, -0.05) is 41.9 Å². The highest BCUT2D eigenvalue weighted by atomic mass is 35.5. The number of amides is 2. The molecule has 0 radical (unpaired) electrons. The summed E-state index contributed by atoms with van der Waals surface area (Å²) in [5.41, 5.74) is 7.27. The van der Waals surface area contributed by atoms with E-state index in [1.807, 2.05) is 42.5 Å². The molecule has 2 aliphatic rings. The minimum Gasteiger partial charge on any atom is -0.369 e. The van der Waals surface area contributed by atoms with Gasteiger partial charge < -0.3 is 10.6 Å². The molecular formula is C22H23ClN4O2. The first-order chi connectivity index (χ1) is 14.0. The van der Waals surface area contributed by atoms with Crippen LogP contribution in [0.1, 0.15) is 18.4 Å². The van der Waals surface area contributed by atoms with Crippen molar-refractivity contribution < 1.29 is 9.59 Å². The number of aliphatic imine (C=N–C) groups is 1. The molecule has 1 saturated heterocycles. The van der Waals surface area contributed by atoms with Crippen molar-refractivity contribution in [1.82, 2.24) is 4.90 Å². The highest BCUT2D eigenvalue weighted by Gasteiger charge is 2.39. The van der Waals surface area contributed by atoms with Gasteiger partial charge in [0.25, 0.3) is 5.91 Å². The Morgan fingerprint density at radius 3 is 2.34 bits per heavy atom. The Hall–Kier alpha value is -2.86. The molecule has 2 aromatic rings. The average Bonchev–Trinajstić information content (AvgIpc) is 3.05. The molecule has 0 spiro atoms. The molecule has 2 N–H and O–H groups in total. The molecule has 0 aromatic heterocycles. The summed E-state index contributed by atoms with van der Waals surface area (Å²) in [4.78, 5) is 33.4. The number of halogens is 1. The van der Waals surface area contributed by atoms with E-state index >= 15 is 0 Å². The van der Waals surface area contributed by atoms with E-state index in [0.717, 1.165) is 11.3 Å². The number of nitrogens with two attached hydrogens (primary N) is 1. The number of carbonyl (C=O) groups excluding carboxylic acids is 2. The second-order valence-electron chi connectivity index (χ2n) is 7.45. The predicted octanol–water partition coefficient (Wildman–Crippen LogP) is 2.85. The Kier molecular flexibility index (Phi) is 5.53. The van der Waals surface area contributed by atoms with Crippen molar-refractivity contribution >= 4 is 35.1 Å². The van der Waals surface area contributed by atoms with Gasteiger partial charge in [-0.2, -0.15) is 0 Å². The van der Waals surface area contributed by atoms with Gasteiger partial charge in [-0.15, -0.1) is 0 Å². The fourth-order valence-corrected chi connectivity index (χ4v) is 4.02. The Morgan fingerprint density at radius 1 is 1.07 bits per heavy atom. The van der Waals surface area contributed by atoms with Crippen LogP contribution in [0, 0.1) is 5.92 Å². The summed E-state index contributed by atoms with van der Waals surface area (Å²) >= 11 is 6.03. The molecule has 2 amide bonds. The van der Waals surface area contributed by atoms with Gasteiger partial charge in [0.15, 0.2) is 0 Å². The van der Waals surface area contributed by atoms with Gasteiger partial charge in [0.2, 0.25) is 11.9 Å². The summed E-state index contributed by atoms with van der Waals surface area (Å²) in [6.07, 6.45) is 1.88. The Labute approximate surface area is 175 Å². The third-order valence-electron chi connectivity index (χ3n) is 5.51. The van der Waals surface area contributed by atoms with Crippen LogP contribution in [0.5, 0.6) is 0 Å². The Bertz CT molecular complexity index is 922. The summed E-state index contributed by atoms with van der Waals surface area (Å²) in [7, 11) is 0. The van der Waals surface area contributed by atoms with Gasteiger partial charge in [-0.3, -0.25) is 9.59 Å². The molecule has 2 heterocycles. The number of nitrogens with zero attached hydrogens (tertiary/aromatic N) is 3. The van der Waals surface area contributed by atoms with E-state index in [-0.39, 0.29) is 17.7 Å². The summed E-state index contributed by atoms with van der Waals surface area (Å²) in [6.45, 7) is 1.28. The number of primary amides is 1. The van der Waals surface area contributed by atoms with Crippen LogP contribution in [0.4, 0.5) is 5.69 Å². The van der Waals surface area contributed by atoms with Crippen LogP contribution in [0.3, 0.4) is 0 Å². The molecule has 150 valence electrons. The number of piperidine rings is 1. The summed E-state index contributed by atoms with van der Waals surface area (Å²) in [6, 6.07) is 16.6. The van der Waals surface area contributed by atoms with Crippen molar-refractivity contribution in [3.05, 3.63) is 65.2 Å². The van der Waals surface area contributed by atoms with E-state index in [9.17, 15) is 9.59 Å². The van der Waals surface area contributed by atoms with Gasteiger partial charge in [-0.05, 0) is 42.7 Å². The normalized spacial score (nSPS) is 20.1. The molecule has 4 rings (SSSR count). The van der Waals surface area contributed by atoms with Crippen LogP contribution < -0.4 is 10.6 Å². The van der Waals surface area contributed by atoms with Crippen LogP contribution in [0.25, 0.3) is 0 Å². The first kappa shape index (κ1) is 19.5. The zero-order valence-electron chi connectivity index (χ0n) is 16.0. The van der Waals surface area contributed by atoms with Gasteiger partial charge in [0.05, 0.1) is 5.69 Å². The van der Waals surface area contributed by atoms with E-state index in [1.165, 1.54) is 0 Å².